The average Bonchev–Trinajstić information content (AvgIpc) is 3.13. The standard InChI is InChI=1S/C14H20ClN5/c1-9-13-14(18(2)17-9)20(12(8-15)16-13)11-5-7-19-6-3-4-10(11)19/h10-11H,3-8H2,1-2H3. The van der Waals surface area contributed by atoms with Crippen molar-refractivity contribution >= 4 is 22.8 Å². The van der Waals surface area contributed by atoms with Crippen LogP contribution in [0.4, 0.5) is 0 Å². The Kier molecular flexibility index (Phi) is 2.82. The van der Waals surface area contributed by atoms with Crippen molar-refractivity contribution in [2.75, 3.05) is 13.1 Å². The second-order valence-corrected chi connectivity index (χ2v) is 6.28. The molecule has 2 aliphatic rings. The highest BCUT2D eigenvalue weighted by Crippen LogP contribution is 2.39. The third kappa shape index (κ3) is 1.59. The molecular formula is C14H20ClN5. The van der Waals surface area contributed by atoms with Gasteiger partial charge in [0.25, 0.3) is 0 Å². The van der Waals surface area contributed by atoms with E-state index in [0.29, 0.717) is 18.0 Å². The molecule has 0 N–H and O–H groups in total. The summed E-state index contributed by atoms with van der Waals surface area (Å²) in [6.45, 7) is 4.47. The lowest BCUT2D eigenvalue weighted by Crippen LogP contribution is -2.28. The Labute approximate surface area is 123 Å². The Hall–Kier alpha value is -1.07. The van der Waals surface area contributed by atoms with Gasteiger partial charge in [-0.3, -0.25) is 9.58 Å². The summed E-state index contributed by atoms with van der Waals surface area (Å²) in [7, 11) is 2.01. The van der Waals surface area contributed by atoms with Crippen molar-refractivity contribution < 1.29 is 0 Å². The highest BCUT2D eigenvalue weighted by atomic mass is 35.5. The zero-order valence-corrected chi connectivity index (χ0v) is 12.8. The summed E-state index contributed by atoms with van der Waals surface area (Å²) in [4.78, 5) is 7.36. The van der Waals surface area contributed by atoms with E-state index in [-0.39, 0.29) is 0 Å². The summed E-state index contributed by atoms with van der Waals surface area (Å²) >= 11 is 6.16. The van der Waals surface area contributed by atoms with Crippen LogP contribution in [0.15, 0.2) is 0 Å². The van der Waals surface area contributed by atoms with Crippen LogP contribution < -0.4 is 0 Å². The van der Waals surface area contributed by atoms with E-state index < -0.39 is 0 Å². The molecule has 20 heavy (non-hydrogen) atoms. The number of fused-ring (bicyclic) bond motifs is 2. The molecule has 2 aromatic heterocycles. The first-order valence-electron chi connectivity index (χ1n) is 7.41. The van der Waals surface area contributed by atoms with Crippen molar-refractivity contribution in [3.8, 4) is 0 Å². The monoisotopic (exact) mass is 293 g/mol. The van der Waals surface area contributed by atoms with E-state index in [1.807, 2.05) is 18.7 Å². The molecule has 4 heterocycles. The van der Waals surface area contributed by atoms with Crippen LogP contribution in [0.1, 0.15) is 36.8 Å². The quantitative estimate of drug-likeness (QED) is 0.797. The van der Waals surface area contributed by atoms with E-state index in [1.54, 1.807) is 0 Å². The van der Waals surface area contributed by atoms with Crippen LogP contribution in [0.25, 0.3) is 11.2 Å². The predicted molar refractivity (Wildman–Crippen MR) is 79.0 cm³/mol. The predicted octanol–water partition coefficient (Wildman–Crippen LogP) is 2.23. The number of hydrogen-bond acceptors (Lipinski definition) is 3. The lowest BCUT2D eigenvalue weighted by Gasteiger charge is -2.23. The Morgan fingerprint density at radius 2 is 2.10 bits per heavy atom. The van der Waals surface area contributed by atoms with Crippen LogP contribution in [0.3, 0.4) is 0 Å². The van der Waals surface area contributed by atoms with Crippen LogP contribution >= 0.6 is 11.6 Å². The number of halogens is 1. The van der Waals surface area contributed by atoms with Crippen molar-refractivity contribution in [1.82, 2.24) is 24.2 Å². The van der Waals surface area contributed by atoms with Gasteiger partial charge in [0, 0.05) is 19.6 Å². The second-order valence-electron chi connectivity index (χ2n) is 6.01. The minimum absolute atomic E-state index is 0.470. The SMILES string of the molecule is Cc1nn(C)c2c1nc(CCl)n2C1CCN2CCCC12. The van der Waals surface area contributed by atoms with Gasteiger partial charge in [-0.2, -0.15) is 5.10 Å². The third-order valence-electron chi connectivity index (χ3n) is 4.93. The van der Waals surface area contributed by atoms with Crippen LogP contribution in [0.2, 0.25) is 0 Å². The van der Waals surface area contributed by atoms with Gasteiger partial charge in [0.1, 0.15) is 11.3 Å². The molecule has 0 spiro atoms. The Morgan fingerprint density at radius 1 is 1.25 bits per heavy atom. The van der Waals surface area contributed by atoms with Crippen molar-refractivity contribution in [2.24, 2.45) is 7.05 Å². The zero-order valence-electron chi connectivity index (χ0n) is 12.0. The van der Waals surface area contributed by atoms with Gasteiger partial charge in [-0.25, -0.2) is 4.98 Å². The maximum absolute atomic E-state index is 6.16. The first-order valence-corrected chi connectivity index (χ1v) is 7.94. The highest BCUT2D eigenvalue weighted by molar-refractivity contribution is 6.16. The lowest BCUT2D eigenvalue weighted by molar-refractivity contribution is 0.289. The average molecular weight is 294 g/mol. The normalized spacial score (nSPS) is 26.8. The molecule has 0 aliphatic carbocycles. The first-order chi connectivity index (χ1) is 9.70. The summed E-state index contributed by atoms with van der Waals surface area (Å²) in [6, 6.07) is 1.16. The molecule has 0 bridgehead atoms. The zero-order chi connectivity index (χ0) is 13.9. The number of rotatable bonds is 2. The number of aromatic nitrogens is 4. The number of imidazole rings is 1. The molecule has 0 saturated carbocycles. The summed E-state index contributed by atoms with van der Waals surface area (Å²) in [6.07, 6.45) is 3.81. The minimum atomic E-state index is 0.470. The molecule has 2 fully saturated rings. The Morgan fingerprint density at radius 3 is 2.90 bits per heavy atom. The van der Waals surface area contributed by atoms with Crippen LogP contribution in [-0.2, 0) is 12.9 Å². The summed E-state index contributed by atoms with van der Waals surface area (Å²) in [5.41, 5.74) is 3.14. The fraction of sp³-hybridized carbons (Fsp3) is 0.714. The molecule has 4 rings (SSSR count). The number of nitrogens with zero attached hydrogens (tertiary/aromatic N) is 5. The minimum Gasteiger partial charge on any atom is -0.307 e. The smallest absolute Gasteiger partial charge is 0.159 e. The molecule has 108 valence electrons. The largest absolute Gasteiger partial charge is 0.307 e. The molecule has 2 aliphatic heterocycles. The van der Waals surface area contributed by atoms with E-state index in [9.17, 15) is 0 Å². The van der Waals surface area contributed by atoms with Crippen LogP contribution in [-0.4, -0.2) is 43.4 Å². The fourth-order valence-corrected chi connectivity index (χ4v) is 4.33. The molecule has 2 atom stereocenters. The molecule has 0 radical (unpaired) electrons. The van der Waals surface area contributed by atoms with E-state index in [2.05, 4.69) is 14.6 Å². The van der Waals surface area contributed by atoms with Crippen LogP contribution in [0.5, 0.6) is 0 Å². The molecule has 2 unspecified atom stereocenters. The summed E-state index contributed by atoms with van der Waals surface area (Å²) in [5, 5.41) is 4.52. The summed E-state index contributed by atoms with van der Waals surface area (Å²) < 4.78 is 4.34. The molecule has 5 nitrogen and oxygen atoms in total. The van der Waals surface area contributed by atoms with Gasteiger partial charge in [0.05, 0.1) is 17.6 Å². The second kappa shape index (κ2) is 4.46. The van der Waals surface area contributed by atoms with Gasteiger partial charge in [-0.05, 0) is 32.7 Å². The van der Waals surface area contributed by atoms with Gasteiger partial charge < -0.3 is 4.57 Å². The Balaban J connectivity index is 1.89. The maximum Gasteiger partial charge on any atom is 0.159 e. The topological polar surface area (TPSA) is 38.9 Å². The van der Waals surface area contributed by atoms with Crippen molar-refractivity contribution in [1.29, 1.82) is 0 Å². The van der Waals surface area contributed by atoms with Crippen molar-refractivity contribution in [2.45, 2.75) is 44.1 Å². The van der Waals surface area contributed by atoms with Crippen LogP contribution in [0, 0.1) is 6.92 Å². The van der Waals surface area contributed by atoms with E-state index in [1.165, 1.54) is 32.4 Å². The molecule has 2 aromatic rings. The number of alkyl halides is 1. The molecular weight excluding hydrogens is 274 g/mol. The van der Waals surface area contributed by atoms with E-state index in [0.717, 1.165) is 22.7 Å². The maximum atomic E-state index is 6.16. The lowest BCUT2D eigenvalue weighted by atomic mass is 10.1. The number of aryl methyl sites for hydroxylation is 2. The molecule has 0 amide bonds. The van der Waals surface area contributed by atoms with Gasteiger partial charge in [0.2, 0.25) is 0 Å². The van der Waals surface area contributed by atoms with Gasteiger partial charge >= 0.3 is 0 Å². The molecule has 6 heteroatoms. The van der Waals surface area contributed by atoms with Gasteiger partial charge in [-0.15, -0.1) is 11.6 Å². The molecule has 0 aromatic carbocycles. The van der Waals surface area contributed by atoms with Gasteiger partial charge in [0.15, 0.2) is 5.65 Å². The fourth-order valence-electron chi connectivity index (χ4n) is 4.14. The number of hydrogen-bond donors (Lipinski definition) is 0. The highest BCUT2D eigenvalue weighted by Gasteiger charge is 2.40. The van der Waals surface area contributed by atoms with Crippen molar-refractivity contribution in [3.63, 3.8) is 0 Å². The van der Waals surface area contributed by atoms with E-state index in [4.69, 9.17) is 16.6 Å². The first kappa shape index (κ1) is 12.7. The third-order valence-corrected chi connectivity index (χ3v) is 5.17. The Bertz CT molecular complexity index is 658. The van der Waals surface area contributed by atoms with Crippen molar-refractivity contribution in [3.05, 3.63) is 11.5 Å². The van der Waals surface area contributed by atoms with E-state index >= 15 is 0 Å². The summed E-state index contributed by atoms with van der Waals surface area (Å²) in [5.74, 6) is 1.47. The molecule has 2 saturated heterocycles. The van der Waals surface area contributed by atoms with Gasteiger partial charge in [-0.1, -0.05) is 0 Å².